The third-order valence-electron chi connectivity index (χ3n) is 2.79. The number of hydrogen-bond acceptors (Lipinski definition) is 4. The second-order valence-corrected chi connectivity index (χ2v) is 3.99. The summed E-state index contributed by atoms with van der Waals surface area (Å²) in [4.78, 5) is 12.7. The Hall–Kier alpha value is -1.75. The first-order chi connectivity index (χ1) is 7.58. The Labute approximate surface area is 93.1 Å². The van der Waals surface area contributed by atoms with Gasteiger partial charge in [0.25, 0.3) is 0 Å². The van der Waals surface area contributed by atoms with Crippen molar-refractivity contribution >= 4 is 17.3 Å². The second-order valence-electron chi connectivity index (χ2n) is 3.99. The Balaban J connectivity index is 2.25. The molecule has 1 aliphatic rings. The summed E-state index contributed by atoms with van der Waals surface area (Å²) in [5.41, 5.74) is 6.97. The fraction of sp³-hybridized carbons (Fsp3) is 0.364. The number of β-amino-alcohol motifs (C(OH)–C–C–N with tert-alkyl or cyclic N) is 1. The molecule has 0 radical (unpaired) electrons. The van der Waals surface area contributed by atoms with E-state index < -0.39 is 18.1 Å². The molecule has 1 aliphatic heterocycles. The molecule has 0 aliphatic carbocycles. The number of aliphatic hydroxyl groups excluding tert-OH is 1. The molecule has 86 valence electrons. The zero-order chi connectivity index (χ0) is 11.7. The number of aliphatic hydroxyl groups is 1. The number of rotatable bonds is 2. The van der Waals surface area contributed by atoms with Crippen LogP contribution in [0.4, 0.5) is 11.4 Å². The fourth-order valence-electron chi connectivity index (χ4n) is 2.00. The number of carboxylic acid groups (broad SMARTS) is 1. The van der Waals surface area contributed by atoms with Gasteiger partial charge in [-0.05, 0) is 24.3 Å². The number of aliphatic carboxylic acids is 1. The van der Waals surface area contributed by atoms with E-state index in [9.17, 15) is 9.90 Å². The van der Waals surface area contributed by atoms with Crippen molar-refractivity contribution in [2.75, 3.05) is 17.2 Å². The monoisotopic (exact) mass is 222 g/mol. The van der Waals surface area contributed by atoms with Crippen LogP contribution < -0.4 is 10.6 Å². The van der Waals surface area contributed by atoms with Crippen molar-refractivity contribution in [2.45, 2.75) is 18.6 Å². The lowest BCUT2D eigenvalue weighted by atomic mass is 10.2. The van der Waals surface area contributed by atoms with Gasteiger partial charge < -0.3 is 20.8 Å². The predicted octanol–water partition coefficient (Wildman–Crippen LogP) is 0.293. The van der Waals surface area contributed by atoms with Crippen molar-refractivity contribution in [3.63, 3.8) is 0 Å². The van der Waals surface area contributed by atoms with E-state index in [1.807, 2.05) is 0 Å². The van der Waals surface area contributed by atoms with Crippen LogP contribution in [-0.2, 0) is 4.79 Å². The highest BCUT2D eigenvalue weighted by Gasteiger charge is 2.35. The molecular formula is C11H14N2O3. The van der Waals surface area contributed by atoms with Gasteiger partial charge in [0.05, 0.1) is 6.10 Å². The largest absolute Gasteiger partial charge is 0.480 e. The molecule has 2 rings (SSSR count). The molecule has 0 amide bonds. The van der Waals surface area contributed by atoms with Gasteiger partial charge in [-0.2, -0.15) is 0 Å². The third kappa shape index (κ3) is 1.94. The normalized spacial score (nSPS) is 24.7. The zero-order valence-corrected chi connectivity index (χ0v) is 8.71. The van der Waals surface area contributed by atoms with Crippen LogP contribution in [-0.4, -0.2) is 34.9 Å². The van der Waals surface area contributed by atoms with Crippen molar-refractivity contribution in [1.82, 2.24) is 0 Å². The second kappa shape index (κ2) is 4.02. The van der Waals surface area contributed by atoms with E-state index in [1.165, 1.54) is 0 Å². The van der Waals surface area contributed by atoms with E-state index in [-0.39, 0.29) is 6.42 Å². The zero-order valence-electron chi connectivity index (χ0n) is 8.71. The quantitative estimate of drug-likeness (QED) is 0.626. The van der Waals surface area contributed by atoms with Crippen LogP contribution in [0.3, 0.4) is 0 Å². The molecule has 1 aromatic rings. The third-order valence-corrected chi connectivity index (χ3v) is 2.79. The molecule has 2 atom stereocenters. The number of nitrogen functional groups attached to an aromatic ring is 1. The number of anilines is 2. The Kier molecular flexibility index (Phi) is 2.70. The number of hydrogen-bond donors (Lipinski definition) is 3. The molecule has 1 saturated heterocycles. The highest BCUT2D eigenvalue weighted by atomic mass is 16.4. The van der Waals surface area contributed by atoms with E-state index in [0.717, 1.165) is 5.69 Å². The van der Waals surface area contributed by atoms with E-state index in [1.54, 1.807) is 29.2 Å². The van der Waals surface area contributed by atoms with Gasteiger partial charge >= 0.3 is 5.97 Å². The van der Waals surface area contributed by atoms with E-state index in [4.69, 9.17) is 10.8 Å². The lowest BCUT2D eigenvalue weighted by molar-refractivity contribution is -0.138. The molecule has 0 aromatic heterocycles. The minimum absolute atomic E-state index is 0.264. The molecule has 16 heavy (non-hydrogen) atoms. The number of nitrogens with two attached hydrogens (primary N) is 1. The molecule has 1 aromatic carbocycles. The van der Waals surface area contributed by atoms with Gasteiger partial charge in [0.1, 0.15) is 6.04 Å². The van der Waals surface area contributed by atoms with Crippen LogP contribution in [0, 0.1) is 0 Å². The molecular weight excluding hydrogens is 208 g/mol. The standard InChI is InChI=1S/C11H14N2O3/c12-7-1-3-8(4-2-7)13-6-9(14)5-10(13)11(15)16/h1-4,9-10,14H,5-6,12H2,(H,15,16)/t9-,10+/m1/s1. The number of nitrogens with zero attached hydrogens (tertiary/aromatic N) is 1. The Morgan fingerprint density at radius 1 is 1.38 bits per heavy atom. The number of benzene rings is 1. The van der Waals surface area contributed by atoms with Crippen LogP contribution in [0.1, 0.15) is 6.42 Å². The van der Waals surface area contributed by atoms with Gasteiger partial charge in [-0.15, -0.1) is 0 Å². The molecule has 4 N–H and O–H groups in total. The van der Waals surface area contributed by atoms with Crippen molar-refractivity contribution < 1.29 is 15.0 Å². The lowest BCUT2D eigenvalue weighted by Gasteiger charge is -2.23. The van der Waals surface area contributed by atoms with Crippen LogP contribution in [0.25, 0.3) is 0 Å². The van der Waals surface area contributed by atoms with Crippen LogP contribution >= 0.6 is 0 Å². The maximum absolute atomic E-state index is 11.0. The van der Waals surface area contributed by atoms with E-state index in [2.05, 4.69) is 0 Å². The van der Waals surface area contributed by atoms with Crippen LogP contribution in [0.15, 0.2) is 24.3 Å². The van der Waals surface area contributed by atoms with Crippen LogP contribution in [0.2, 0.25) is 0 Å². The number of carboxylic acids is 1. The van der Waals surface area contributed by atoms with Crippen molar-refractivity contribution in [3.8, 4) is 0 Å². The van der Waals surface area contributed by atoms with Gasteiger partial charge in [-0.25, -0.2) is 4.79 Å². The maximum Gasteiger partial charge on any atom is 0.326 e. The first-order valence-electron chi connectivity index (χ1n) is 5.11. The Bertz CT molecular complexity index is 391. The summed E-state index contributed by atoms with van der Waals surface area (Å²) in [7, 11) is 0. The summed E-state index contributed by atoms with van der Waals surface area (Å²) >= 11 is 0. The van der Waals surface area contributed by atoms with Gasteiger partial charge in [0, 0.05) is 24.3 Å². The summed E-state index contributed by atoms with van der Waals surface area (Å²) in [6, 6.07) is 6.32. The van der Waals surface area contributed by atoms with E-state index in [0.29, 0.717) is 12.2 Å². The lowest BCUT2D eigenvalue weighted by Crippen LogP contribution is -2.35. The van der Waals surface area contributed by atoms with Gasteiger partial charge in [-0.3, -0.25) is 0 Å². The Morgan fingerprint density at radius 3 is 2.56 bits per heavy atom. The van der Waals surface area contributed by atoms with Crippen molar-refractivity contribution in [1.29, 1.82) is 0 Å². The average molecular weight is 222 g/mol. The topological polar surface area (TPSA) is 86.8 Å². The minimum atomic E-state index is -0.909. The smallest absolute Gasteiger partial charge is 0.326 e. The molecule has 5 heteroatoms. The number of carbonyl (C=O) groups is 1. The van der Waals surface area contributed by atoms with Crippen molar-refractivity contribution in [3.05, 3.63) is 24.3 Å². The maximum atomic E-state index is 11.0. The van der Waals surface area contributed by atoms with E-state index >= 15 is 0 Å². The SMILES string of the molecule is Nc1ccc(N2C[C@H](O)C[C@H]2C(=O)O)cc1. The van der Waals surface area contributed by atoms with Crippen molar-refractivity contribution in [2.24, 2.45) is 0 Å². The first-order valence-corrected chi connectivity index (χ1v) is 5.11. The fourth-order valence-corrected chi connectivity index (χ4v) is 2.00. The molecule has 0 spiro atoms. The summed E-state index contributed by atoms with van der Waals surface area (Å²) < 4.78 is 0. The summed E-state index contributed by atoms with van der Waals surface area (Å²) in [6.07, 6.45) is -0.321. The highest BCUT2D eigenvalue weighted by Crippen LogP contribution is 2.26. The Morgan fingerprint density at radius 2 is 2.00 bits per heavy atom. The molecule has 0 unspecified atom stereocenters. The summed E-state index contributed by atoms with van der Waals surface area (Å²) in [5.74, 6) is -0.909. The van der Waals surface area contributed by atoms with Gasteiger partial charge in [-0.1, -0.05) is 0 Å². The van der Waals surface area contributed by atoms with Gasteiger partial charge in [0.2, 0.25) is 0 Å². The van der Waals surface area contributed by atoms with Gasteiger partial charge in [0.15, 0.2) is 0 Å². The van der Waals surface area contributed by atoms with Crippen LogP contribution in [0.5, 0.6) is 0 Å². The molecule has 0 bridgehead atoms. The minimum Gasteiger partial charge on any atom is -0.480 e. The highest BCUT2D eigenvalue weighted by molar-refractivity contribution is 5.79. The summed E-state index contributed by atoms with van der Waals surface area (Å²) in [5, 5.41) is 18.5. The summed E-state index contributed by atoms with van der Waals surface area (Å²) in [6.45, 7) is 0.348. The first kappa shape index (κ1) is 10.8. The predicted molar refractivity (Wildman–Crippen MR) is 60.2 cm³/mol. The molecule has 1 heterocycles. The molecule has 0 saturated carbocycles. The average Bonchev–Trinajstić information content (AvgIpc) is 2.61. The molecule has 1 fully saturated rings. The molecule has 5 nitrogen and oxygen atoms in total.